The van der Waals surface area contributed by atoms with Crippen LogP contribution in [0, 0.1) is 0 Å². The monoisotopic (exact) mass is 236 g/mol. The Balaban J connectivity index is 1.97. The van der Waals surface area contributed by atoms with Gasteiger partial charge in [0.2, 0.25) is 0 Å². The van der Waals surface area contributed by atoms with Crippen molar-refractivity contribution in [1.29, 1.82) is 0 Å². The lowest BCUT2D eigenvalue weighted by molar-refractivity contribution is 0.163. The molecule has 2 aliphatic rings. The van der Waals surface area contributed by atoms with E-state index in [2.05, 4.69) is 23.2 Å². The molecular formula is C15H28N2. The van der Waals surface area contributed by atoms with Crippen molar-refractivity contribution in [2.75, 3.05) is 6.54 Å². The average Bonchev–Trinajstić information content (AvgIpc) is 2.42. The van der Waals surface area contributed by atoms with E-state index in [4.69, 9.17) is 0 Å². The molecule has 2 saturated carbocycles. The summed E-state index contributed by atoms with van der Waals surface area (Å²) in [6.07, 6.45) is 16.4. The fourth-order valence-electron chi connectivity index (χ4n) is 3.42. The summed E-state index contributed by atoms with van der Waals surface area (Å²) >= 11 is 0. The van der Waals surface area contributed by atoms with Gasteiger partial charge < -0.3 is 4.90 Å². The molecule has 0 heterocycles. The average molecular weight is 236 g/mol. The summed E-state index contributed by atoms with van der Waals surface area (Å²) in [5.41, 5.74) is 0. The third-order valence-corrected chi connectivity index (χ3v) is 4.39. The molecule has 0 aromatic rings. The minimum absolute atomic E-state index is 0.794. The van der Waals surface area contributed by atoms with Gasteiger partial charge in [-0.05, 0) is 32.6 Å². The highest BCUT2D eigenvalue weighted by Crippen LogP contribution is 2.29. The van der Waals surface area contributed by atoms with Gasteiger partial charge in [-0.3, -0.25) is 4.99 Å². The Bertz CT molecular complexity index is 207. The molecule has 2 nitrogen and oxygen atoms in total. The SMILES string of the molecule is CCN=CN(C1CCCCC1)C1CCCCC1. The maximum Gasteiger partial charge on any atom is 0.0854 e. The van der Waals surface area contributed by atoms with Crippen LogP contribution in [0.2, 0.25) is 0 Å². The summed E-state index contributed by atoms with van der Waals surface area (Å²) in [4.78, 5) is 7.16. The largest absolute Gasteiger partial charge is 0.357 e. The van der Waals surface area contributed by atoms with Gasteiger partial charge in [0.05, 0.1) is 6.34 Å². The zero-order valence-corrected chi connectivity index (χ0v) is 11.4. The Morgan fingerprint density at radius 1 is 0.882 bits per heavy atom. The van der Waals surface area contributed by atoms with Crippen molar-refractivity contribution >= 4 is 6.34 Å². The van der Waals surface area contributed by atoms with Crippen LogP contribution < -0.4 is 0 Å². The lowest BCUT2D eigenvalue weighted by Gasteiger charge is -2.40. The van der Waals surface area contributed by atoms with Crippen LogP contribution >= 0.6 is 0 Å². The fraction of sp³-hybridized carbons (Fsp3) is 0.933. The van der Waals surface area contributed by atoms with Gasteiger partial charge in [-0.25, -0.2) is 0 Å². The summed E-state index contributed by atoms with van der Waals surface area (Å²) < 4.78 is 0. The van der Waals surface area contributed by atoms with Crippen molar-refractivity contribution in [2.45, 2.75) is 83.2 Å². The second kappa shape index (κ2) is 7.03. The molecule has 17 heavy (non-hydrogen) atoms. The van der Waals surface area contributed by atoms with Crippen LogP contribution in [0.1, 0.15) is 71.1 Å². The number of nitrogens with zero attached hydrogens (tertiary/aromatic N) is 2. The standard InChI is InChI=1S/C15H28N2/c1-2-16-13-17(14-9-5-3-6-10-14)15-11-7-4-8-12-15/h13-15H,2-12H2,1H3. The minimum atomic E-state index is 0.794. The van der Waals surface area contributed by atoms with Crippen molar-refractivity contribution < 1.29 is 0 Å². The zero-order chi connectivity index (χ0) is 11.9. The normalized spacial score (nSPS) is 24.3. The molecule has 0 aliphatic heterocycles. The first-order valence-corrected chi connectivity index (χ1v) is 7.69. The van der Waals surface area contributed by atoms with Gasteiger partial charge >= 0.3 is 0 Å². The third-order valence-electron chi connectivity index (χ3n) is 4.39. The van der Waals surface area contributed by atoms with E-state index >= 15 is 0 Å². The molecule has 2 fully saturated rings. The predicted octanol–water partition coefficient (Wildman–Crippen LogP) is 4.00. The van der Waals surface area contributed by atoms with Gasteiger partial charge in [-0.1, -0.05) is 38.5 Å². The van der Waals surface area contributed by atoms with Gasteiger partial charge in [-0.15, -0.1) is 0 Å². The summed E-state index contributed by atoms with van der Waals surface area (Å²) in [5.74, 6) is 0. The highest BCUT2D eigenvalue weighted by atomic mass is 15.2. The van der Waals surface area contributed by atoms with Crippen LogP contribution in [-0.4, -0.2) is 29.9 Å². The smallest absolute Gasteiger partial charge is 0.0854 e. The predicted molar refractivity (Wildman–Crippen MR) is 74.6 cm³/mol. The molecule has 0 aromatic carbocycles. The summed E-state index contributed by atoms with van der Waals surface area (Å²) in [6.45, 7) is 3.06. The van der Waals surface area contributed by atoms with E-state index in [0.29, 0.717) is 0 Å². The summed E-state index contributed by atoms with van der Waals surface area (Å²) in [7, 11) is 0. The Morgan fingerprint density at radius 2 is 1.35 bits per heavy atom. The maximum absolute atomic E-state index is 4.52. The van der Waals surface area contributed by atoms with Crippen LogP contribution in [0.3, 0.4) is 0 Å². The van der Waals surface area contributed by atoms with Gasteiger partial charge in [0.25, 0.3) is 0 Å². The molecule has 98 valence electrons. The third kappa shape index (κ3) is 3.72. The minimum Gasteiger partial charge on any atom is -0.357 e. The van der Waals surface area contributed by atoms with Crippen molar-refractivity contribution in [3.63, 3.8) is 0 Å². The molecule has 0 radical (unpaired) electrons. The molecule has 0 aromatic heterocycles. The van der Waals surface area contributed by atoms with E-state index in [1.54, 1.807) is 0 Å². The van der Waals surface area contributed by atoms with Gasteiger partial charge in [0.1, 0.15) is 0 Å². The Kier molecular flexibility index (Phi) is 5.34. The van der Waals surface area contributed by atoms with E-state index < -0.39 is 0 Å². The highest BCUT2D eigenvalue weighted by Gasteiger charge is 2.26. The highest BCUT2D eigenvalue weighted by molar-refractivity contribution is 5.56. The molecule has 2 aliphatic carbocycles. The quantitative estimate of drug-likeness (QED) is 0.532. The van der Waals surface area contributed by atoms with Crippen LogP contribution in [0.5, 0.6) is 0 Å². The first-order chi connectivity index (χ1) is 8.42. The summed E-state index contributed by atoms with van der Waals surface area (Å²) in [5, 5.41) is 0. The zero-order valence-electron chi connectivity index (χ0n) is 11.4. The van der Waals surface area contributed by atoms with Crippen LogP contribution in [0.25, 0.3) is 0 Å². The topological polar surface area (TPSA) is 15.6 Å². The molecule has 2 heteroatoms. The van der Waals surface area contributed by atoms with Crippen LogP contribution in [-0.2, 0) is 0 Å². The molecule has 0 bridgehead atoms. The lowest BCUT2D eigenvalue weighted by atomic mass is 9.89. The molecule has 0 N–H and O–H groups in total. The van der Waals surface area contributed by atoms with Crippen molar-refractivity contribution in [3.05, 3.63) is 0 Å². The van der Waals surface area contributed by atoms with E-state index in [1.807, 2.05) is 0 Å². The second-order valence-electron chi connectivity index (χ2n) is 5.65. The van der Waals surface area contributed by atoms with E-state index in [-0.39, 0.29) is 0 Å². The van der Waals surface area contributed by atoms with Gasteiger partial charge in [0.15, 0.2) is 0 Å². The van der Waals surface area contributed by atoms with Crippen LogP contribution in [0.4, 0.5) is 0 Å². The fourth-order valence-corrected chi connectivity index (χ4v) is 3.42. The maximum atomic E-state index is 4.52. The number of rotatable bonds is 4. The summed E-state index contributed by atoms with van der Waals surface area (Å²) in [6, 6.07) is 1.59. The number of hydrogen-bond donors (Lipinski definition) is 0. The van der Waals surface area contributed by atoms with E-state index in [1.165, 1.54) is 64.2 Å². The first-order valence-electron chi connectivity index (χ1n) is 7.69. The van der Waals surface area contributed by atoms with E-state index in [0.717, 1.165) is 18.6 Å². The molecule has 0 saturated heterocycles. The van der Waals surface area contributed by atoms with Gasteiger partial charge in [0, 0.05) is 18.6 Å². The molecule has 0 spiro atoms. The van der Waals surface area contributed by atoms with Crippen LogP contribution in [0.15, 0.2) is 4.99 Å². The van der Waals surface area contributed by atoms with Crippen molar-refractivity contribution in [2.24, 2.45) is 4.99 Å². The Hall–Kier alpha value is -0.530. The molecular weight excluding hydrogens is 208 g/mol. The van der Waals surface area contributed by atoms with E-state index in [9.17, 15) is 0 Å². The Morgan fingerprint density at radius 3 is 1.76 bits per heavy atom. The number of hydrogen-bond acceptors (Lipinski definition) is 1. The molecule has 0 amide bonds. The molecule has 0 unspecified atom stereocenters. The molecule has 2 rings (SSSR count). The first kappa shape index (κ1) is 12.9. The molecule has 0 atom stereocenters. The van der Waals surface area contributed by atoms with Crippen molar-refractivity contribution in [3.8, 4) is 0 Å². The van der Waals surface area contributed by atoms with Gasteiger partial charge in [-0.2, -0.15) is 0 Å². The Labute approximate surface area is 106 Å². The van der Waals surface area contributed by atoms with Crippen molar-refractivity contribution in [1.82, 2.24) is 4.90 Å². The lowest BCUT2D eigenvalue weighted by Crippen LogP contribution is -2.44. The second-order valence-corrected chi connectivity index (χ2v) is 5.65. The number of aliphatic imine (C=N–C) groups is 1.